The molecule has 1 aliphatic carbocycles. The predicted octanol–water partition coefficient (Wildman–Crippen LogP) is 0.975. The van der Waals surface area contributed by atoms with Crippen LogP contribution in [-0.4, -0.2) is 25.1 Å². The molecule has 0 aromatic rings. The summed E-state index contributed by atoms with van der Waals surface area (Å²) in [6.45, 7) is 0. The third kappa shape index (κ3) is 2.49. The van der Waals surface area contributed by atoms with Crippen LogP contribution in [0.2, 0.25) is 0 Å². The van der Waals surface area contributed by atoms with E-state index in [-0.39, 0.29) is 11.9 Å². The zero-order chi connectivity index (χ0) is 10.7. The van der Waals surface area contributed by atoms with Gasteiger partial charge in [0.25, 0.3) is 5.91 Å². The van der Waals surface area contributed by atoms with Crippen LogP contribution in [-0.2, 0) is 9.63 Å². The molecule has 3 atom stereocenters. The van der Waals surface area contributed by atoms with E-state index in [2.05, 4.69) is 15.6 Å². The molecule has 15 heavy (non-hydrogen) atoms. The molecule has 1 aliphatic heterocycles. The number of rotatable bonds is 2. The Bertz CT molecular complexity index is 233. The second kappa shape index (κ2) is 4.94. The zero-order valence-electron chi connectivity index (χ0n) is 9.29. The predicted molar refractivity (Wildman–Crippen MR) is 57.1 cm³/mol. The second-order valence-electron chi connectivity index (χ2n) is 4.62. The van der Waals surface area contributed by atoms with Crippen molar-refractivity contribution in [1.29, 1.82) is 0 Å². The van der Waals surface area contributed by atoms with Crippen LogP contribution in [0.15, 0.2) is 0 Å². The lowest BCUT2D eigenvalue weighted by atomic mass is 9.78. The average molecular weight is 212 g/mol. The molecule has 0 spiro atoms. The lowest BCUT2D eigenvalue weighted by molar-refractivity contribution is -0.134. The van der Waals surface area contributed by atoms with Gasteiger partial charge in [-0.1, -0.05) is 12.8 Å². The van der Waals surface area contributed by atoms with E-state index in [1.54, 1.807) is 0 Å². The van der Waals surface area contributed by atoms with Crippen molar-refractivity contribution in [3.63, 3.8) is 0 Å². The Balaban J connectivity index is 1.87. The van der Waals surface area contributed by atoms with Gasteiger partial charge in [0.2, 0.25) is 0 Å². The number of hydrogen-bond donors (Lipinski definition) is 2. The molecule has 0 aromatic carbocycles. The maximum absolute atomic E-state index is 11.6. The minimum absolute atomic E-state index is 0.0264. The summed E-state index contributed by atoms with van der Waals surface area (Å²) in [5.41, 5.74) is 2.41. The SMILES string of the molecule is CONC(=O)C1CCC2CCCCC2N1. The number of hydroxylamine groups is 1. The van der Waals surface area contributed by atoms with Crippen molar-refractivity contribution < 1.29 is 9.63 Å². The minimum atomic E-state index is -0.0516. The number of carbonyl (C=O) groups excluding carboxylic acids is 1. The minimum Gasteiger partial charge on any atom is -0.303 e. The molecule has 1 amide bonds. The molecule has 2 aliphatic rings. The number of fused-ring (bicyclic) bond motifs is 1. The number of piperidine rings is 1. The van der Waals surface area contributed by atoms with Crippen LogP contribution in [0.1, 0.15) is 38.5 Å². The van der Waals surface area contributed by atoms with Crippen LogP contribution in [0.3, 0.4) is 0 Å². The van der Waals surface area contributed by atoms with Gasteiger partial charge >= 0.3 is 0 Å². The summed E-state index contributed by atoms with van der Waals surface area (Å²) in [5, 5.41) is 3.45. The topological polar surface area (TPSA) is 50.4 Å². The van der Waals surface area contributed by atoms with E-state index in [1.165, 1.54) is 39.2 Å². The summed E-state index contributed by atoms with van der Waals surface area (Å²) >= 11 is 0. The fourth-order valence-electron chi connectivity index (χ4n) is 2.87. The van der Waals surface area contributed by atoms with Crippen molar-refractivity contribution in [3.8, 4) is 0 Å². The smallest absolute Gasteiger partial charge is 0.260 e. The van der Waals surface area contributed by atoms with Crippen molar-refractivity contribution >= 4 is 5.91 Å². The van der Waals surface area contributed by atoms with Crippen LogP contribution in [0, 0.1) is 5.92 Å². The molecule has 1 heterocycles. The van der Waals surface area contributed by atoms with Gasteiger partial charge < -0.3 is 5.32 Å². The van der Waals surface area contributed by atoms with Gasteiger partial charge in [-0.2, -0.15) is 0 Å². The summed E-state index contributed by atoms with van der Waals surface area (Å²) in [5.74, 6) is 0.770. The van der Waals surface area contributed by atoms with Crippen LogP contribution in [0.5, 0.6) is 0 Å². The van der Waals surface area contributed by atoms with Crippen molar-refractivity contribution in [2.45, 2.75) is 50.6 Å². The first kappa shape index (κ1) is 10.9. The first-order valence-electron chi connectivity index (χ1n) is 5.90. The molecule has 1 saturated heterocycles. The highest BCUT2D eigenvalue weighted by molar-refractivity contribution is 5.80. The van der Waals surface area contributed by atoms with Crippen LogP contribution in [0.25, 0.3) is 0 Å². The Kier molecular flexibility index (Phi) is 3.59. The van der Waals surface area contributed by atoms with Gasteiger partial charge in [-0.05, 0) is 31.6 Å². The third-order valence-electron chi connectivity index (χ3n) is 3.67. The van der Waals surface area contributed by atoms with Gasteiger partial charge in [-0.15, -0.1) is 0 Å². The summed E-state index contributed by atoms with van der Waals surface area (Å²) in [4.78, 5) is 16.2. The maximum atomic E-state index is 11.6. The molecular formula is C11H20N2O2. The van der Waals surface area contributed by atoms with Gasteiger partial charge in [0.1, 0.15) is 0 Å². The van der Waals surface area contributed by atoms with E-state index in [0.717, 1.165) is 12.3 Å². The highest BCUT2D eigenvalue weighted by Crippen LogP contribution is 2.32. The molecule has 0 radical (unpaired) electrons. The molecule has 4 heteroatoms. The Morgan fingerprint density at radius 2 is 2.07 bits per heavy atom. The Hall–Kier alpha value is -0.610. The van der Waals surface area contributed by atoms with E-state index in [0.29, 0.717) is 6.04 Å². The molecule has 2 fully saturated rings. The molecule has 4 nitrogen and oxygen atoms in total. The molecule has 3 unspecified atom stereocenters. The first-order chi connectivity index (χ1) is 7.31. The second-order valence-corrected chi connectivity index (χ2v) is 4.62. The van der Waals surface area contributed by atoms with Crippen LogP contribution in [0.4, 0.5) is 0 Å². The first-order valence-corrected chi connectivity index (χ1v) is 5.90. The lowest BCUT2D eigenvalue weighted by Crippen LogP contribution is -2.54. The van der Waals surface area contributed by atoms with Crippen molar-refractivity contribution in [1.82, 2.24) is 10.8 Å². The Morgan fingerprint density at radius 3 is 2.87 bits per heavy atom. The van der Waals surface area contributed by atoms with E-state index in [4.69, 9.17) is 0 Å². The van der Waals surface area contributed by atoms with Crippen LogP contribution >= 0.6 is 0 Å². The highest BCUT2D eigenvalue weighted by Gasteiger charge is 2.34. The summed E-state index contributed by atoms with van der Waals surface area (Å²) < 4.78 is 0. The van der Waals surface area contributed by atoms with Gasteiger partial charge in [0.05, 0.1) is 13.2 Å². The largest absolute Gasteiger partial charge is 0.303 e. The molecular weight excluding hydrogens is 192 g/mol. The standard InChI is InChI=1S/C11H20N2O2/c1-15-13-11(14)10-7-6-8-4-2-3-5-9(8)12-10/h8-10,12H,2-7H2,1H3,(H,13,14). The molecule has 2 N–H and O–H groups in total. The zero-order valence-corrected chi connectivity index (χ0v) is 9.29. The summed E-state index contributed by atoms with van der Waals surface area (Å²) in [6.07, 6.45) is 7.33. The van der Waals surface area contributed by atoms with Gasteiger partial charge in [-0.3, -0.25) is 9.63 Å². The number of amides is 1. The maximum Gasteiger partial charge on any atom is 0.260 e. The van der Waals surface area contributed by atoms with Gasteiger partial charge in [0.15, 0.2) is 0 Å². The van der Waals surface area contributed by atoms with Gasteiger partial charge in [0, 0.05) is 6.04 Å². The van der Waals surface area contributed by atoms with Crippen molar-refractivity contribution in [2.24, 2.45) is 5.92 Å². The van der Waals surface area contributed by atoms with Gasteiger partial charge in [-0.25, -0.2) is 5.48 Å². The normalized spacial score (nSPS) is 35.7. The van der Waals surface area contributed by atoms with Crippen molar-refractivity contribution in [2.75, 3.05) is 7.11 Å². The van der Waals surface area contributed by atoms with E-state index < -0.39 is 0 Å². The number of nitrogens with one attached hydrogen (secondary N) is 2. The van der Waals surface area contributed by atoms with Crippen molar-refractivity contribution in [3.05, 3.63) is 0 Å². The number of hydrogen-bond acceptors (Lipinski definition) is 3. The molecule has 1 saturated carbocycles. The Morgan fingerprint density at radius 1 is 1.27 bits per heavy atom. The lowest BCUT2D eigenvalue weighted by Gasteiger charge is -2.39. The summed E-state index contributed by atoms with van der Waals surface area (Å²) in [6, 6.07) is 0.504. The molecule has 0 bridgehead atoms. The van der Waals surface area contributed by atoms with Crippen LogP contribution < -0.4 is 10.8 Å². The van der Waals surface area contributed by atoms with E-state index in [1.807, 2.05) is 0 Å². The monoisotopic (exact) mass is 212 g/mol. The molecule has 0 aromatic heterocycles. The third-order valence-corrected chi connectivity index (χ3v) is 3.67. The fourth-order valence-corrected chi connectivity index (χ4v) is 2.87. The number of carbonyl (C=O) groups is 1. The van der Waals surface area contributed by atoms with E-state index >= 15 is 0 Å². The highest BCUT2D eigenvalue weighted by atomic mass is 16.6. The molecule has 86 valence electrons. The quantitative estimate of drug-likeness (QED) is 0.671. The average Bonchev–Trinajstić information content (AvgIpc) is 2.29. The molecule has 2 rings (SSSR count). The fraction of sp³-hybridized carbons (Fsp3) is 0.909. The summed E-state index contributed by atoms with van der Waals surface area (Å²) in [7, 11) is 1.48. The Labute approximate surface area is 90.7 Å². The van der Waals surface area contributed by atoms with E-state index in [9.17, 15) is 4.79 Å².